The molecule has 0 saturated carbocycles. The number of hydrogen-bond acceptors (Lipinski definition) is 6. The van der Waals surface area contributed by atoms with Crippen LogP contribution in [0.25, 0.3) is 0 Å². The number of rotatable bonds is 4. The molecular weight excluding hydrogens is 256 g/mol. The molecule has 1 aromatic rings. The summed E-state index contributed by atoms with van der Waals surface area (Å²) in [5.41, 5.74) is -0.0269. The van der Waals surface area contributed by atoms with Crippen molar-refractivity contribution in [3.8, 4) is 0 Å². The summed E-state index contributed by atoms with van der Waals surface area (Å²) in [7, 11) is 3.49. The molecule has 0 atom stereocenters. The first-order valence-electron chi connectivity index (χ1n) is 5.22. The minimum absolute atomic E-state index is 0.0269. The molecule has 0 saturated heterocycles. The number of aromatic nitrogens is 2. The van der Waals surface area contributed by atoms with Crippen LogP contribution in [0.1, 0.15) is 20.8 Å². The Morgan fingerprint density at radius 1 is 1.41 bits per heavy atom. The molecule has 0 aromatic carbocycles. The molecule has 17 heavy (non-hydrogen) atoms. The number of hydrogen-bond donors (Lipinski definition) is 1. The number of nitrogens with one attached hydrogen (secondary N) is 1. The molecule has 0 aliphatic rings. The van der Waals surface area contributed by atoms with Crippen molar-refractivity contribution in [3.63, 3.8) is 0 Å². The summed E-state index contributed by atoms with van der Waals surface area (Å²) in [6.45, 7) is 6.20. The molecule has 1 aromatic heterocycles. The highest BCUT2D eigenvalue weighted by atomic mass is 32.2. The van der Waals surface area contributed by atoms with Crippen LogP contribution >= 0.6 is 23.1 Å². The van der Waals surface area contributed by atoms with Crippen LogP contribution in [0.4, 0.5) is 5.13 Å². The fraction of sp³-hybridized carbons (Fsp3) is 0.700. The number of carbonyl (C=O) groups is 1. The molecular formula is C10H18N4OS2. The van der Waals surface area contributed by atoms with Crippen molar-refractivity contribution in [2.45, 2.75) is 30.6 Å². The Balaban J connectivity index is 2.49. The van der Waals surface area contributed by atoms with Gasteiger partial charge in [-0.25, -0.2) is 0 Å². The van der Waals surface area contributed by atoms with Crippen molar-refractivity contribution >= 4 is 34.1 Å². The lowest BCUT2D eigenvalue weighted by atomic mass is 10.1. The zero-order valence-corrected chi connectivity index (χ0v) is 12.4. The molecule has 5 nitrogen and oxygen atoms in total. The van der Waals surface area contributed by atoms with Crippen LogP contribution in [0.15, 0.2) is 4.34 Å². The fourth-order valence-corrected chi connectivity index (χ4v) is 2.83. The molecule has 0 radical (unpaired) electrons. The maximum Gasteiger partial charge on any atom is 0.232 e. The Bertz CT molecular complexity index is 384. The molecule has 96 valence electrons. The van der Waals surface area contributed by atoms with Gasteiger partial charge >= 0.3 is 0 Å². The minimum atomic E-state index is -0.0269. The Kier molecular flexibility index (Phi) is 4.76. The van der Waals surface area contributed by atoms with Crippen LogP contribution < -0.4 is 5.32 Å². The van der Waals surface area contributed by atoms with E-state index in [0.717, 1.165) is 9.47 Å². The topological polar surface area (TPSA) is 58.1 Å². The molecule has 1 amide bonds. The van der Waals surface area contributed by atoms with Crippen LogP contribution in [0.3, 0.4) is 0 Å². The quantitative estimate of drug-likeness (QED) is 0.850. The smallest absolute Gasteiger partial charge is 0.232 e. The molecule has 0 unspecified atom stereocenters. The van der Waals surface area contributed by atoms with Gasteiger partial charge in [-0.05, 0) is 20.8 Å². The van der Waals surface area contributed by atoms with Gasteiger partial charge in [0.05, 0.1) is 5.75 Å². The van der Waals surface area contributed by atoms with E-state index in [1.807, 2.05) is 0 Å². The van der Waals surface area contributed by atoms with E-state index in [0.29, 0.717) is 5.75 Å². The summed E-state index contributed by atoms with van der Waals surface area (Å²) in [4.78, 5) is 13.0. The minimum Gasteiger partial charge on any atom is -0.355 e. The Hall–Kier alpha value is -0.820. The van der Waals surface area contributed by atoms with Gasteiger partial charge in [0.15, 0.2) is 4.34 Å². The second kappa shape index (κ2) is 5.68. The van der Waals surface area contributed by atoms with Crippen molar-refractivity contribution in [3.05, 3.63) is 0 Å². The third kappa shape index (κ3) is 5.36. The maximum atomic E-state index is 11.4. The highest BCUT2D eigenvalue weighted by Gasteiger charge is 2.14. The third-order valence-electron chi connectivity index (χ3n) is 1.71. The standard InChI is InChI=1S/C10H18N4OS2/c1-10(2,3)11-8-12-13-9(17-8)16-6-7(15)14(4)5/h6H2,1-5H3,(H,11,12). The highest BCUT2D eigenvalue weighted by Crippen LogP contribution is 2.27. The van der Waals surface area contributed by atoms with Gasteiger partial charge < -0.3 is 10.2 Å². The zero-order valence-electron chi connectivity index (χ0n) is 10.8. The number of amides is 1. The van der Waals surface area contributed by atoms with Gasteiger partial charge in [-0.1, -0.05) is 23.1 Å². The summed E-state index contributed by atoms with van der Waals surface area (Å²) in [6, 6.07) is 0. The van der Waals surface area contributed by atoms with Crippen LogP contribution in [0.2, 0.25) is 0 Å². The lowest BCUT2D eigenvalue weighted by molar-refractivity contribution is -0.125. The van der Waals surface area contributed by atoms with Crippen LogP contribution in [-0.2, 0) is 4.79 Å². The molecule has 1 heterocycles. The second-order valence-electron chi connectivity index (χ2n) is 4.82. The first-order chi connectivity index (χ1) is 7.78. The SMILES string of the molecule is CN(C)C(=O)CSc1nnc(NC(C)(C)C)s1. The first kappa shape index (κ1) is 14.2. The van der Waals surface area contributed by atoms with Gasteiger partial charge in [-0.2, -0.15) is 0 Å². The van der Waals surface area contributed by atoms with E-state index in [2.05, 4.69) is 36.3 Å². The van der Waals surface area contributed by atoms with Gasteiger partial charge in [-0.3, -0.25) is 4.79 Å². The average molecular weight is 274 g/mol. The second-order valence-corrected chi connectivity index (χ2v) is 7.02. The maximum absolute atomic E-state index is 11.4. The Morgan fingerprint density at radius 3 is 2.59 bits per heavy atom. The summed E-state index contributed by atoms with van der Waals surface area (Å²) < 4.78 is 0.812. The molecule has 0 aliphatic heterocycles. The van der Waals surface area contributed by atoms with Crippen molar-refractivity contribution in [2.24, 2.45) is 0 Å². The number of thioether (sulfide) groups is 1. The van der Waals surface area contributed by atoms with Crippen LogP contribution in [-0.4, -0.2) is 46.4 Å². The van der Waals surface area contributed by atoms with E-state index < -0.39 is 0 Å². The Morgan fingerprint density at radius 2 is 2.06 bits per heavy atom. The summed E-state index contributed by atoms with van der Waals surface area (Å²) in [5, 5.41) is 12.1. The van der Waals surface area contributed by atoms with Crippen molar-refractivity contribution in [1.82, 2.24) is 15.1 Å². The van der Waals surface area contributed by atoms with Gasteiger partial charge in [0, 0.05) is 19.6 Å². The zero-order chi connectivity index (χ0) is 13.1. The van der Waals surface area contributed by atoms with E-state index in [9.17, 15) is 4.79 Å². The van der Waals surface area contributed by atoms with Crippen molar-refractivity contribution in [2.75, 3.05) is 25.2 Å². The van der Waals surface area contributed by atoms with Gasteiger partial charge in [0.1, 0.15) is 0 Å². The van der Waals surface area contributed by atoms with Crippen LogP contribution in [0.5, 0.6) is 0 Å². The molecule has 1 N–H and O–H groups in total. The summed E-state index contributed by atoms with van der Waals surface area (Å²) in [6.07, 6.45) is 0. The highest BCUT2D eigenvalue weighted by molar-refractivity contribution is 8.01. The van der Waals surface area contributed by atoms with E-state index >= 15 is 0 Å². The number of anilines is 1. The van der Waals surface area contributed by atoms with Gasteiger partial charge in [-0.15, -0.1) is 10.2 Å². The molecule has 0 spiro atoms. The number of nitrogens with zero attached hydrogens (tertiary/aromatic N) is 3. The monoisotopic (exact) mass is 274 g/mol. The van der Waals surface area contributed by atoms with Crippen molar-refractivity contribution in [1.29, 1.82) is 0 Å². The lowest BCUT2D eigenvalue weighted by Gasteiger charge is -2.18. The summed E-state index contributed by atoms with van der Waals surface area (Å²) in [5.74, 6) is 0.479. The average Bonchev–Trinajstić information content (AvgIpc) is 2.59. The van der Waals surface area contributed by atoms with E-state index in [4.69, 9.17) is 0 Å². The first-order valence-corrected chi connectivity index (χ1v) is 7.03. The molecule has 0 bridgehead atoms. The van der Waals surface area contributed by atoms with E-state index in [1.54, 1.807) is 19.0 Å². The third-order valence-corrected chi connectivity index (χ3v) is 3.66. The molecule has 7 heteroatoms. The van der Waals surface area contributed by atoms with Gasteiger partial charge in [0.2, 0.25) is 11.0 Å². The molecule has 1 rings (SSSR count). The number of carbonyl (C=O) groups excluding carboxylic acids is 1. The predicted octanol–water partition coefficient (Wildman–Crippen LogP) is 1.93. The lowest BCUT2D eigenvalue weighted by Crippen LogP contribution is -2.25. The Labute approximate surface area is 110 Å². The summed E-state index contributed by atoms with van der Waals surface area (Å²) >= 11 is 2.89. The van der Waals surface area contributed by atoms with Crippen LogP contribution in [0, 0.1) is 0 Å². The van der Waals surface area contributed by atoms with E-state index in [1.165, 1.54) is 23.1 Å². The molecule has 0 aliphatic carbocycles. The predicted molar refractivity (Wildman–Crippen MR) is 72.7 cm³/mol. The van der Waals surface area contributed by atoms with E-state index in [-0.39, 0.29) is 11.4 Å². The van der Waals surface area contributed by atoms with Crippen molar-refractivity contribution < 1.29 is 4.79 Å². The molecule has 0 fully saturated rings. The largest absolute Gasteiger partial charge is 0.355 e. The van der Waals surface area contributed by atoms with Gasteiger partial charge in [0.25, 0.3) is 0 Å². The normalized spacial score (nSPS) is 11.4. The fourth-order valence-electron chi connectivity index (χ4n) is 0.892.